The Morgan fingerprint density at radius 3 is 1.60 bits per heavy atom. The van der Waals surface area contributed by atoms with Crippen molar-refractivity contribution in [2.45, 2.75) is 62.7 Å². The maximum Gasteiger partial charge on any atom is 0.326 e. The zero-order valence-corrected chi connectivity index (χ0v) is 23.5. The van der Waals surface area contributed by atoms with Crippen LogP contribution in [0.1, 0.15) is 37.1 Å². The monoisotopic (exact) mass is 604 g/mol. The number of aromatic amines is 2. The molecule has 0 aliphatic carbocycles. The van der Waals surface area contributed by atoms with Crippen LogP contribution in [0.15, 0.2) is 35.0 Å². The standard InChI is InChI=1S/C24H40N14O5/c25-15(3-1-5-32-23(26)27)19(39)37-17(7-13-9-30-11-34-13)21(41)38-18(8-14-10-31-12-35-14)20(40)36-16(22(42)43)4-2-6-33-24(28)29/h9-12,15-18H,1-8,25H2,(H,30,34)(H,31,35)(H,36,40)(H,37,39)(H,38,41)(H,42,43)(H4,26,27,32)(H4,28,29,33). The van der Waals surface area contributed by atoms with Crippen molar-refractivity contribution in [3.8, 4) is 0 Å². The van der Waals surface area contributed by atoms with E-state index in [2.05, 4.69) is 45.9 Å². The van der Waals surface area contributed by atoms with Crippen LogP contribution in [-0.2, 0) is 32.0 Å². The summed E-state index contributed by atoms with van der Waals surface area (Å²) in [6.07, 6.45) is 6.67. The third kappa shape index (κ3) is 12.9. The van der Waals surface area contributed by atoms with Gasteiger partial charge < -0.3 is 59.7 Å². The number of aliphatic imine (C=N–C) groups is 2. The summed E-state index contributed by atoms with van der Waals surface area (Å²) in [5, 5.41) is 17.3. The molecule has 43 heavy (non-hydrogen) atoms. The highest BCUT2D eigenvalue weighted by Crippen LogP contribution is 2.06. The number of aliphatic carboxylic acids is 1. The minimum Gasteiger partial charge on any atom is -0.480 e. The summed E-state index contributed by atoms with van der Waals surface area (Å²) in [6, 6.07) is -4.64. The molecule has 2 aromatic rings. The molecule has 3 amide bonds. The molecular weight excluding hydrogens is 564 g/mol. The maximum absolute atomic E-state index is 13.5. The lowest BCUT2D eigenvalue weighted by atomic mass is 10.1. The van der Waals surface area contributed by atoms with Crippen molar-refractivity contribution >= 4 is 35.6 Å². The Labute approximate surface area is 246 Å². The van der Waals surface area contributed by atoms with E-state index in [0.29, 0.717) is 17.8 Å². The smallest absolute Gasteiger partial charge is 0.326 e. The highest BCUT2D eigenvalue weighted by atomic mass is 16.4. The number of H-pyrrole nitrogens is 2. The molecule has 2 aromatic heterocycles. The number of amides is 3. The van der Waals surface area contributed by atoms with Gasteiger partial charge in [-0.3, -0.25) is 24.4 Å². The van der Waals surface area contributed by atoms with Crippen molar-refractivity contribution < 1.29 is 24.3 Å². The first-order valence-corrected chi connectivity index (χ1v) is 13.4. The SMILES string of the molecule is NC(N)=NCCCC(N)C(=O)NC(Cc1cnc[nH]1)C(=O)NC(Cc1cnc[nH]1)C(=O)NC(CCCN=C(N)N)C(=O)O. The first-order chi connectivity index (χ1) is 20.5. The number of imidazole rings is 2. The summed E-state index contributed by atoms with van der Waals surface area (Å²) in [6.45, 7) is 0.444. The summed E-state index contributed by atoms with van der Waals surface area (Å²) >= 11 is 0. The molecule has 0 aromatic carbocycles. The molecule has 16 N–H and O–H groups in total. The lowest BCUT2D eigenvalue weighted by Gasteiger charge is -2.25. The van der Waals surface area contributed by atoms with Gasteiger partial charge in [-0.25, -0.2) is 14.8 Å². The Morgan fingerprint density at radius 1 is 0.744 bits per heavy atom. The number of carbonyl (C=O) groups is 4. The predicted octanol–water partition coefficient (Wildman–Crippen LogP) is -4.11. The van der Waals surface area contributed by atoms with Gasteiger partial charge in [0.05, 0.1) is 18.7 Å². The van der Waals surface area contributed by atoms with E-state index in [1.54, 1.807) is 0 Å². The second kappa shape index (κ2) is 17.6. The van der Waals surface area contributed by atoms with E-state index in [1.165, 1.54) is 25.0 Å². The molecule has 0 radical (unpaired) electrons. The number of aromatic nitrogens is 4. The fourth-order valence-electron chi connectivity index (χ4n) is 3.89. The van der Waals surface area contributed by atoms with E-state index in [1.807, 2.05) is 0 Å². The third-order valence-electron chi connectivity index (χ3n) is 6.09. The van der Waals surface area contributed by atoms with E-state index in [4.69, 9.17) is 28.7 Å². The van der Waals surface area contributed by atoms with Crippen LogP contribution in [0.2, 0.25) is 0 Å². The molecule has 2 heterocycles. The van der Waals surface area contributed by atoms with Gasteiger partial charge in [0.1, 0.15) is 18.1 Å². The van der Waals surface area contributed by atoms with Gasteiger partial charge in [0, 0.05) is 49.7 Å². The highest BCUT2D eigenvalue weighted by molar-refractivity contribution is 5.94. The number of nitrogens with one attached hydrogen (secondary N) is 5. The number of nitrogens with zero attached hydrogens (tertiary/aromatic N) is 4. The third-order valence-corrected chi connectivity index (χ3v) is 6.09. The van der Waals surface area contributed by atoms with Crippen molar-refractivity contribution in [1.29, 1.82) is 0 Å². The quantitative estimate of drug-likeness (QED) is 0.0414. The van der Waals surface area contributed by atoms with Crippen molar-refractivity contribution in [2.75, 3.05) is 13.1 Å². The van der Waals surface area contributed by atoms with Crippen LogP contribution in [0.3, 0.4) is 0 Å². The first kappa shape index (κ1) is 34.0. The maximum atomic E-state index is 13.5. The van der Waals surface area contributed by atoms with Gasteiger partial charge in [-0.05, 0) is 25.7 Å². The van der Waals surface area contributed by atoms with E-state index < -0.39 is 47.9 Å². The second-order valence-corrected chi connectivity index (χ2v) is 9.59. The molecule has 0 saturated carbocycles. The van der Waals surface area contributed by atoms with Crippen molar-refractivity contribution in [3.63, 3.8) is 0 Å². The van der Waals surface area contributed by atoms with Crippen LogP contribution < -0.4 is 44.6 Å². The lowest BCUT2D eigenvalue weighted by molar-refractivity contribution is -0.142. The van der Waals surface area contributed by atoms with Crippen LogP contribution in [-0.4, -0.2) is 97.9 Å². The van der Waals surface area contributed by atoms with Crippen LogP contribution in [0, 0.1) is 0 Å². The normalized spacial score (nSPS) is 13.5. The molecule has 0 bridgehead atoms. The summed E-state index contributed by atoms with van der Waals surface area (Å²) in [7, 11) is 0. The second-order valence-electron chi connectivity index (χ2n) is 9.59. The molecule has 0 fully saturated rings. The molecule has 2 rings (SSSR count). The molecule has 0 saturated heterocycles. The molecule has 236 valence electrons. The largest absolute Gasteiger partial charge is 0.480 e. The number of carboxylic acids is 1. The highest BCUT2D eigenvalue weighted by Gasteiger charge is 2.31. The number of guanidine groups is 2. The minimum atomic E-state index is -1.28. The Bertz CT molecular complexity index is 1220. The molecule has 0 aliphatic rings. The Kier molecular flexibility index (Phi) is 13.9. The summed E-state index contributed by atoms with van der Waals surface area (Å²) in [4.78, 5) is 72.7. The molecule has 19 heteroatoms. The van der Waals surface area contributed by atoms with Crippen LogP contribution in [0.25, 0.3) is 0 Å². The van der Waals surface area contributed by atoms with Crippen LogP contribution in [0.4, 0.5) is 0 Å². The van der Waals surface area contributed by atoms with Gasteiger partial charge in [-0.2, -0.15) is 0 Å². The van der Waals surface area contributed by atoms with Crippen LogP contribution in [0.5, 0.6) is 0 Å². The van der Waals surface area contributed by atoms with Gasteiger partial charge in [0.2, 0.25) is 17.7 Å². The zero-order valence-electron chi connectivity index (χ0n) is 23.5. The van der Waals surface area contributed by atoms with E-state index >= 15 is 0 Å². The Balaban J connectivity index is 2.17. The van der Waals surface area contributed by atoms with Gasteiger partial charge in [0.25, 0.3) is 0 Å². The Morgan fingerprint density at radius 2 is 1.19 bits per heavy atom. The first-order valence-electron chi connectivity index (χ1n) is 13.4. The van der Waals surface area contributed by atoms with Crippen LogP contribution >= 0.6 is 0 Å². The number of carbonyl (C=O) groups excluding carboxylic acids is 3. The summed E-state index contributed by atoms with van der Waals surface area (Å²) in [5.74, 6) is -3.57. The van der Waals surface area contributed by atoms with Crippen molar-refractivity contribution in [2.24, 2.45) is 38.7 Å². The van der Waals surface area contributed by atoms with Crippen molar-refractivity contribution in [3.05, 3.63) is 36.4 Å². The van der Waals surface area contributed by atoms with Crippen molar-refractivity contribution in [1.82, 2.24) is 35.9 Å². The molecule has 19 nitrogen and oxygen atoms in total. The van der Waals surface area contributed by atoms with Gasteiger partial charge in [-0.1, -0.05) is 0 Å². The van der Waals surface area contributed by atoms with E-state index in [-0.39, 0.29) is 57.1 Å². The fourth-order valence-corrected chi connectivity index (χ4v) is 3.89. The molecule has 4 atom stereocenters. The molecule has 0 spiro atoms. The number of carboxylic acid groups (broad SMARTS) is 1. The molecular formula is C24H40N14O5. The Hall–Kier alpha value is -5.20. The number of nitrogens with two attached hydrogens (primary N) is 5. The zero-order chi connectivity index (χ0) is 31.8. The average molecular weight is 605 g/mol. The number of hydrogen-bond donors (Lipinski definition) is 11. The lowest BCUT2D eigenvalue weighted by Crippen LogP contribution is -2.58. The summed E-state index contributed by atoms with van der Waals surface area (Å²) < 4.78 is 0. The average Bonchev–Trinajstić information content (AvgIpc) is 3.66. The van der Waals surface area contributed by atoms with Gasteiger partial charge in [-0.15, -0.1) is 0 Å². The molecule has 0 aliphatic heterocycles. The number of hydrogen-bond acceptors (Lipinski definition) is 9. The van der Waals surface area contributed by atoms with Gasteiger partial charge in [0.15, 0.2) is 11.9 Å². The topological polar surface area (TPSA) is 337 Å². The van der Waals surface area contributed by atoms with Gasteiger partial charge >= 0.3 is 5.97 Å². The van der Waals surface area contributed by atoms with E-state index in [0.717, 1.165) is 0 Å². The summed E-state index contributed by atoms with van der Waals surface area (Å²) in [5.41, 5.74) is 28.2. The predicted molar refractivity (Wildman–Crippen MR) is 156 cm³/mol. The van der Waals surface area contributed by atoms with E-state index in [9.17, 15) is 24.3 Å². The molecule has 4 unspecified atom stereocenters. The minimum absolute atomic E-state index is 0.000761. The fraction of sp³-hybridized carbons (Fsp3) is 0.500. The number of rotatable bonds is 19.